The van der Waals surface area contributed by atoms with Crippen LogP contribution in [0.15, 0.2) is 23.1 Å². The van der Waals surface area contributed by atoms with Crippen molar-refractivity contribution in [3.63, 3.8) is 0 Å². The summed E-state index contributed by atoms with van der Waals surface area (Å²) in [4.78, 5) is 0.208. The molecule has 2 rings (SSSR count). The first-order chi connectivity index (χ1) is 9.50. The molecule has 1 aromatic carbocycles. The zero-order chi connectivity index (χ0) is 14.8. The van der Waals surface area contributed by atoms with E-state index in [4.69, 9.17) is 4.74 Å². The Hall–Kier alpha value is -1.11. The first kappa shape index (κ1) is 15.3. The average molecular weight is 299 g/mol. The van der Waals surface area contributed by atoms with E-state index in [0.29, 0.717) is 17.9 Å². The van der Waals surface area contributed by atoms with Gasteiger partial charge < -0.3 is 9.84 Å². The molecule has 0 atom stereocenters. The SMILES string of the molecule is CCOc1ccc(S(=O)(=O)N(C)C2CCC2)cc1CO. The Morgan fingerprint density at radius 2 is 2.10 bits per heavy atom. The highest BCUT2D eigenvalue weighted by atomic mass is 32.2. The van der Waals surface area contributed by atoms with Crippen LogP contribution in [0.4, 0.5) is 0 Å². The third-order valence-corrected chi connectivity index (χ3v) is 5.67. The lowest BCUT2D eigenvalue weighted by Gasteiger charge is -2.33. The second kappa shape index (κ2) is 6.11. The number of rotatable bonds is 6. The number of benzene rings is 1. The summed E-state index contributed by atoms with van der Waals surface area (Å²) in [6.07, 6.45) is 2.91. The van der Waals surface area contributed by atoms with Gasteiger partial charge in [-0.2, -0.15) is 4.31 Å². The highest BCUT2D eigenvalue weighted by molar-refractivity contribution is 7.89. The molecule has 1 N–H and O–H groups in total. The topological polar surface area (TPSA) is 66.8 Å². The molecule has 0 radical (unpaired) electrons. The van der Waals surface area contributed by atoms with Gasteiger partial charge in [0.2, 0.25) is 10.0 Å². The van der Waals surface area contributed by atoms with Crippen molar-refractivity contribution in [3.05, 3.63) is 23.8 Å². The van der Waals surface area contributed by atoms with Gasteiger partial charge in [0.05, 0.1) is 18.1 Å². The van der Waals surface area contributed by atoms with Crippen molar-refractivity contribution >= 4 is 10.0 Å². The second-order valence-electron chi connectivity index (χ2n) is 4.97. The largest absolute Gasteiger partial charge is 0.494 e. The predicted molar refractivity (Wildman–Crippen MR) is 76.1 cm³/mol. The summed E-state index contributed by atoms with van der Waals surface area (Å²) in [6, 6.07) is 4.74. The molecular formula is C14H21NO4S. The Kier molecular flexibility index (Phi) is 4.67. The van der Waals surface area contributed by atoms with Gasteiger partial charge in [-0.1, -0.05) is 6.42 Å². The molecule has 0 aliphatic heterocycles. The van der Waals surface area contributed by atoms with Gasteiger partial charge in [0.15, 0.2) is 0 Å². The number of aliphatic hydroxyl groups is 1. The van der Waals surface area contributed by atoms with Crippen LogP contribution in [-0.4, -0.2) is 37.5 Å². The molecule has 1 saturated carbocycles. The minimum absolute atomic E-state index is 0.101. The molecule has 0 saturated heterocycles. The second-order valence-corrected chi connectivity index (χ2v) is 6.96. The average Bonchev–Trinajstić information content (AvgIpc) is 2.37. The fraction of sp³-hybridized carbons (Fsp3) is 0.571. The van der Waals surface area contributed by atoms with Crippen LogP contribution in [0.2, 0.25) is 0 Å². The maximum absolute atomic E-state index is 12.5. The lowest BCUT2D eigenvalue weighted by molar-refractivity contribution is 0.249. The van der Waals surface area contributed by atoms with Crippen molar-refractivity contribution in [2.45, 2.75) is 43.7 Å². The van der Waals surface area contributed by atoms with Gasteiger partial charge in [-0.3, -0.25) is 0 Å². The summed E-state index contributed by atoms with van der Waals surface area (Å²) in [5.41, 5.74) is 0.495. The van der Waals surface area contributed by atoms with Gasteiger partial charge in [-0.15, -0.1) is 0 Å². The van der Waals surface area contributed by atoms with Crippen LogP contribution in [0.1, 0.15) is 31.7 Å². The van der Waals surface area contributed by atoms with Crippen molar-refractivity contribution in [2.75, 3.05) is 13.7 Å². The normalized spacial score (nSPS) is 16.2. The van der Waals surface area contributed by atoms with Crippen LogP contribution < -0.4 is 4.74 Å². The summed E-state index contributed by atoms with van der Waals surface area (Å²) in [5.74, 6) is 0.528. The molecule has 0 amide bonds. The lowest BCUT2D eigenvalue weighted by atomic mass is 9.94. The number of sulfonamides is 1. The maximum atomic E-state index is 12.5. The number of nitrogens with zero attached hydrogens (tertiary/aromatic N) is 1. The number of aliphatic hydroxyl groups excluding tert-OH is 1. The van der Waals surface area contributed by atoms with E-state index in [2.05, 4.69) is 0 Å². The predicted octanol–water partition coefficient (Wildman–Crippen LogP) is 1.75. The maximum Gasteiger partial charge on any atom is 0.243 e. The summed E-state index contributed by atoms with van der Waals surface area (Å²) in [7, 11) is -1.88. The molecule has 6 heteroatoms. The van der Waals surface area contributed by atoms with Crippen LogP contribution >= 0.6 is 0 Å². The van der Waals surface area contributed by atoms with Gasteiger partial charge in [-0.05, 0) is 38.0 Å². The van der Waals surface area contributed by atoms with Crippen molar-refractivity contribution in [3.8, 4) is 5.75 Å². The first-order valence-electron chi connectivity index (χ1n) is 6.85. The summed E-state index contributed by atoms with van der Waals surface area (Å²) in [6.45, 7) is 2.07. The quantitative estimate of drug-likeness (QED) is 0.869. The van der Waals surface area contributed by atoms with E-state index < -0.39 is 10.0 Å². The lowest BCUT2D eigenvalue weighted by Crippen LogP contribution is -2.41. The fourth-order valence-corrected chi connectivity index (χ4v) is 3.72. The molecule has 5 nitrogen and oxygen atoms in total. The Bertz CT molecular complexity index is 567. The van der Waals surface area contributed by atoms with Gasteiger partial charge in [0.1, 0.15) is 5.75 Å². The molecule has 20 heavy (non-hydrogen) atoms. The summed E-state index contributed by atoms with van der Waals surface area (Å²) in [5, 5.41) is 9.35. The molecule has 1 aromatic rings. The van der Waals surface area contributed by atoms with Crippen LogP contribution in [-0.2, 0) is 16.6 Å². The summed E-state index contributed by atoms with van der Waals surface area (Å²) < 4.78 is 31.8. The van der Waals surface area contributed by atoms with Crippen molar-refractivity contribution in [1.29, 1.82) is 0 Å². The highest BCUT2D eigenvalue weighted by Gasteiger charge is 2.32. The van der Waals surface area contributed by atoms with E-state index in [1.54, 1.807) is 13.1 Å². The van der Waals surface area contributed by atoms with Crippen LogP contribution in [0, 0.1) is 0 Å². The minimum atomic E-state index is -3.50. The third-order valence-electron chi connectivity index (χ3n) is 3.77. The van der Waals surface area contributed by atoms with E-state index >= 15 is 0 Å². The minimum Gasteiger partial charge on any atom is -0.494 e. The van der Waals surface area contributed by atoms with Gasteiger partial charge in [0, 0.05) is 18.7 Å². The molecule has 1 fully saturated rings. The Morgan fingerprint density at radius 3 is 2.60 bits per heavy atom. The van der Waals surface area contributed by atoms with E-state index in [0.717, 1.165) is 19.3 Å². The molecule has 112 valence electrons. The van der Waals surface area contributed by atoms with Crippen molar-refractivity contribution < 1.29 is 18.3 Å². The summed E-state index contributed by atoms with van der Waals surface area (Å²) >= 11 is 0. The zero-order valence-corrected chi connectivity index (χ0v) is 12.7. The van der Waals surface area contributed by atoms with Crippen molar-refractivity contribution in [2.24, 2.45) is 0 Å². The zero-order valence-electron chi connectivity index (χ0n) is 11.9. The number of ether oxygens (including phenoxy) is 1. The molecular weight excluding hydrogens is 278 g/mol. The molecule has 1 aliphatic rings. The van der Waals surface area contributed by atoms with E-state index in [1.165, 1.54) is 16.4 Å². The van der Waals surface area contributed by atoms with Crippen LogP contribution in [0.5, 0.6) is 5.75 Å². The molecule has 0 spiro atoms. The molecule has 1 aliphatic carbocycles. The Morgan fingerprint density at radius 1 is 1.40 bits per heavy atom. The molecule has 0 heterocycles. The number of hydrogen-bond donors (Lipinski definition) is 1. The van der Waals surface area contributed by atoms with Gasteiger partial charge in [-0.25, -0.2) is 8.42 Å². The fourth-order valence-electron chi connectivity index (χ4n) is 2.25. The monoisotopic (exact) mass is 299 g/mol. The Balaban J connectivity index is 2.31. The molecule has 0 unspecified atom stereocenters. The van der Waals surface area contributed by atoms with Gasteiger partial charge >= 0.3 is 0 Å². The van der Waals surface area contributed by atoms with E-state index in [9.17, 15) is 13.5 Å². The van der Waals surface area contributed by atoms with Crippen LogP contribution in [0.25, 0.3) is 0 Å². The van der Waals surface area contributed by atoms with Crippen LogP contribution in [0.3, 0.4) is 0 Å². The Labute approximate surface area is 120 Å². The smallest absolute Gasteiger partial charge is 0.243 e. The van der Waals surface area contributed by atoms with E-state index in [-0.39, 0.29) is 17.5 Å². The third kappa shape index (κ3) is 2.82. The van der Waals surface area contributed by atoms with Gasteiger partial charge in [0.25, 0.3) is 0 Å². The molecule has 0 bridgehead atoms. The van der Waals surface area contributed by atoms with E-state index in [1.807, 2.05) is 6.92 Å². The van der Waals surface area contributed by atoms with Crippen molar-refractivity contribution in [1.82, 2.24) is 4.31 Å². The standard InChI is InChI=1S/C14H21NO4S/c1-3-19-14-8-7-13(9-11(14)10-16)20(17,18)15(2)12-5-4-6-12/h7-9,12,16H,3-6,10H2,1-2H3. The first-order valence-corrected chi connectivity index (χ1v) is 8.29. The molecule has 0 aromatic heterocycles. The highest BCUT2D eigenvalue weighted by Crippen LogP contribution is 2.30. The number of hydrogen-bond acceptors (Lipinski definition) is 4.